The molecular formula is C104H65F7N6. The summed E-state index contributed by atoms with van der Waals surface area (Å²) >= 11 is 0. The predicted molar refractivity (Wildman–Crippen MR) is 462 cm³/mol. The van der Waals surface area contributed by atoms with Gasteiger partial charge < -0.3 is 18.9 Å². The summed E-state index contributed by atoms with van der Waals surface area (Å²) in [6.07, 6.45) is 3.40. The van der Waals surface area contributed by atoms with Crippen LogP contribution in [0.1, 0.15) is 0 Å². The highest BCUT2D eigenvalue weighted by atomic mass is 19.2. The molecule has 0 aliphatic carbocycles. The number of halogens is 7. The highest BCUT2D eigenvalue weighted by Gasteiger charge is 2.28. The topological polar surface area (TPSA) is 42.1 Å². The van der Waals surface area contributed by atoms with E-state index in [-0.39, 0.29) is 17.2 Å². The molecule has 0 fully saturated rings. The van der Waals surface area contributed by atoms with Gasteiger partial charge in [-0.3, -0.25) is 9.97 Å². The van der Waals surface area contributed by atoms with Crippen LogP contribution in [0.15, 0.2) is 395 Å². The van der Waals surface area contributed by atoms with Crippen LogP contribution >= 0.6 is 0 Å². The van der Waals surface area contributed by atoms with Crippen molar-refractivity contribution in [2.45, 2.75) is 0 Å². The molecular weight excluding hydrogens is 1470 g/mol. The van der Waals surface area contributed by atoms with Gasteiger partial charge in [0.15, 0.2) is 23.3 Å². The van der Waals surface area contributed by atoms with E-state index in [0.29, 0.717) is 5.69 Å². The monoisotopic (exact) mass is 1530 g/mol. The van der Waals surface area contributed by atoms with Crippen molar-refractivity contribution in [1.29, 1.82) is 0 Å². The van der Waals surface area contributed by atoms with E-state index < -0.39 is 34.6 Å². The zero-order valence-corrected chi connectivity index (χ0v) is 62.4. The third-order valence-corrected chi connectivity index (χ3v) is 21.7. The molecule has 0 aliphatic heterocycles. The van der Waals surface area contributed by atoms with E-state index in [2.05, 4.69) is 242 Å². The standard InChI is InChI=1S/C56H33F5N4.C48H32F2N2/c57-52-51(53(58)55(60)56(61)54(52)59)38-16-26-43(27-17-38)64(41-20-10-35(11-21-41)34-6-2-1-3-7-34)42-22-12-36(13-23-42)39-19-29-50-46(32-39)45-8-4-5-9-49(45)65(50)44-24-14-37(15-25-44)40-18-28-47-48(33-40)63-31-30-62-47;49-38-23-13-33(14-24-38)35-17-27-41(28-18-35)51(42-29-19-36(20-30-42)34-15-25-39(50)26-16-34)43-31-21-37(22-32-43)44-10-6-12-47-48(44)45-9-4-5-11-46(45)52(47)40-7-2-1-3-8-40/h1-33H;1-32H. The Hall–Kier alpha value is -15.2. The maximum atomic E-state index is 14.8. The van der Waals surface area contributed by atoms with Gasteiger partial charge in [0.1, 0.15) is 11.6 Å². The molecule has 0 N–H and O–H groups in total. The first-order chi connectivity index (χ1) is 57.4. The zero-order valence-electron chi connectivity index (χ0n) is 62.4. The number of hydrogen-bond donors (Lipinski definition) is 0. The zero-order chi connectivity index (χ0) is 79.2. The average molecular weight is 1530 g/mol. The van der Waals surface area contributed by atoms with Crippen molar-refractivity contribution >= 4 is 88.8 Å². The Kier molecular flexibility index (Phi) is 18.9. The van der Waals surface area contributed by atoms with Gasteiger partial charge >= 0.3 is 0 Å². The van der Waals surface area contributed by atoms with E-state index in [1.165, 1.54) is 58.3 Å². The Morgan fingerprint density at radius 3 is 1.05 bits per heavy atom. The van der Waals surface area contributed by atoms with Crippen molar-refractivity contribution in [3.05, 3.63) is 435 Å². The molecule has 3 aromatic heterocycles. The maximum Gasteiger partial charge on any atom is 0.200 e. The first-order valence-electron chi connectivity index (χ1n) is 38.1. The number of hydrogen-bond acceptors (Lipinski definition) is 4. The quantitative estimate of drug-likeness (QED) is 0.0583. The number of aromatic nitrogens is 4. The molecule has 0 atom stereocenters. The van der Waals surface area contributed by atoms with Gasteiger partial charge in [0.2, 0.25) is 5.82 Å². The van der Waals surface area contributed by atoms with E-state index >= 15 is 0 Å². The second-order valence-electron chi connectivity index (χ2n) is 28.6. The summed E-state index contributed by atoms with van der Waals surface area (Å²) in [5.41, 5.74) is 24.8. The Morgan fingerprint density at radius 2 is 0.547 bits per heavy atom. The van der Waals surface area contributed by atoms with Gasteiger partial charge in [-0.1, -0.05) is 218 Å². The van der Waals surface area contributed by atoms with E-state index in [4.69, 9.17) is 0 Å². The van der Waals surface area contributed by atoms with E-state index in [9.17, 15) is 30.7 Å². The van der Waals surface area contributed by atoms with Crippen LogP contribution in [0.4, 0.5) is 64.9 Å². The first kappa shape index (κ1) is 72.1. The number of para-hydroxylation sites is 3. The molecule has 6 nitrogen and oxygen atoms in total. The van der Waals surface area contributed by atoms with E-state index in [1.807, 2.05) is 95.9 Å². The summed E-state index contributed by atoms with van der Waals surface area (Å²) in [5.74, 6) is -10.5. The molecule has 0 aliphatic rings. The largest absolute Gasteiger partial charge is 0.311 e. The number of fused-ring (bicyclic) bond motifs is 7. The lowest BCUT2D eigenvalue weighted by molar-refractivity contribution is 0.381. The molecule has 20 rings (SSSR count). The number of benzene rings is 17. The van der Waals surface area contributed by atoms with Gasteiger partial charge in [0.25, 0.3) is 0 Å². The minimum Gasteiger partial charge on any atom is -0.311 e. The normalized spacial score (nSPS) is 11.4. The fraction of sp³-hybridized carbons (Fsp3) is 0. The summed E-state index contributed by atoms with van der Waals surface area (Å²) in [7, 11) is 0. The van der Waals surface area contributed by atoms with Gasteiger partial charge in [0.05, 0.1) is 38.7 Å². The minimum absolute atomic E-state index is 0.151. The average Bonchev–Trinajstić information content (AvgIpc) is 1.60. The maximum absolute atomic E-state index is 14.8. The highest BCUT2D eigenvalue weighted by Crippen LogP contribution is 2.45. The number of nitrogens with zero attached hydrogens (tertiary/aromatic N) is 6. The molecule has 117 heavy (non-hydrogen) atoms. The number of rotatable bonds is 15. The summed E-state index contributed by atoms with van der Waals surface area (Å²) in [6, 6.07) is 126. The van der Waals surface area contributed by atoms with Gasteiger partial charge in [-0.25, -0.2) is 30.7 Å². The minimum atomic E-state index is -2.20. The van der Waals surface area contributed by atoms with Crippen LogP contribution in [-0.2, 0) is 0 Å². The SMILES string of the molecule is Fc1c(F)c(F)c(-c2ccc(N(c3ccc(-c4ccccc4)cc3)c3ccc(-c4ccc5c(c4)c4ccccc4n5-c4ccc(-c5ccc6nccnc6c5)cc4)cc3)cc2)c(F)c1F.Fc1ccc(-c2ccc(N(c3ccc(-c4ccc(F)cc4)cc3)c3ccc(-c4cccc5c4c4ccccc4n5-c4ccccc4)cc3)cc2)cc1. The lowest BCUT2D eigenvalue weighted by Gasteiger charge is -2.26. The van der Waals surface area contributed by atoms with Crippen LogP contribution in [0.3, 0.4) is 0 Å². The number of anilines is 6. The molecule has 560 valence electrons. The Bertz CT molecular complexity index is 6950. The van der Waals surface area contributed by atoms with Crippen LogP contribution in [0.5, 0.6) is 0 Å². The molecule has 17 aromatic carbocycles. The molecule has 0 amide bonds. The van der Waals surface area contributed by atoms with Gasteiger partial charge in [0, 0.05) is 79.4 Å². The van der Waals surface area contributed by atoms with Crippen molar-refractivity contribution in [2.75, 3.05) is 9.80 Å². The summed E-state index contributed by atoms with van der Waals surface area (Å²) < 4.78 is 104. The van der Waals surface area contributed by atoms with Crippen molar-refractivity contribution < 1.29 is 30.7 Å². The molecule has 20 aromatic rings. The molecule has 0 saturated carbocycles. The first-order valence-corrected chi connectivity index (χ1v) is 38.1. The summed E-state index contributed by atoms with van der Waals surface area (Å²) in [6.45, 7) is 0. The Balaban J connectivity index is 0.000000160. The molecule has 0 saturated heterocycles. The van der Waals surface area contributed by atoms with Crippen molar-refractivity contribution in [3.8, 4) is 89.3 Å². The van der Waals surface area contributed by atoms with Crippen molar-refractivity contribution in [3.63, 3.8) is 0 Å². The van der Waals surface area contributed by atoms with Crippen molar-refractivity contribution in [2.24, 2.45) is 0 Å². The molecule has 0 spiro atoms. The second kappa shape index (κ2) is 30.7. The Morgan fingerprint density at radius 1 is 0.214 bits per heavy atom. The van der Waals surface area contributed by atoms with Crippen LogP contribution < -0.4 is 9.80 Å². The fourth-order valence-electron chi connectivity index (χ4n) is 15.9. The molecule has 3 heterocycles. The molecule has 0 unspecified atom stereocenters. The third-order valence-electron chi connectivity index (χ3n) is 21.7. The summed E-state index contributed by atoms with van der Waals surface area (Å²) in [4.78, 5) is 13.1. The molecule has 0 bridgehead atoms. The van der Waals surface area contributed by atoms with E-state index in [1.54, 1.807) is 48.8 Å². The second-order valence-corrected chi connectivity index (χ2v) is 28.6. The Labute approximate surface area is 669 Å². The van der Waals surface area contributed by atoms with Crippen LogP contribution in [0.25, 0.3) is 144 Å². The van der Waals surface area contributed by atoms with Gasteiger partial charge in [-0.05, 0) is 236 Å². The van der Waals surface area contributed by atoms with Crippen LogP contribution in [0.2, 0.25) is 0 Å². The lowest BCUT2D eigenvalue weighted by Crippen LogP contribution is -2.10. The smallest absolute Gasteiger partial charge is 0.200 e. The third kappa shape index (κ3) is 13.7. The lowest BCUT2D eigenvalue weighted by atomic mass is 9.99. The fourth-order valence-corrected chi connectivity index (χ4v) is 15.9. The molecule has 13 heteroatoms. The van der Waals surface area contributed by atoms with Crippen LogP contribution in [0, 0.1) is 40.7 Å². The summed E-state index contributed by atoms with van der Waals surface area (Å²) in [5, 5.41) is 4.66. The van der Waals surface area contributed by atoms with Crippen LogP contribution in [-0.4, -0.2) is 19.1 Å². The van der Waals surface area contributed by atoms with Gasteiger partial charge in [-0.15, -0.1) is 0 Å². The molecule has 0 radical (unpaired) electrons. The predicted octanol–water partition coefficient (Wildman–Crippen LogP) is 29.1. The van der Waals surface area contributed by atoms with E-state index in [0.717, 1.165) is 139 Å². The van der Waals surface area contributed by atoms with Gasteiger partial charge in [-0.2, -0.15) is 0 Å². The van der Waals surface area contributed by atoms with Crippen molar-refractivity contribution in [1.82, 2.24) is 19.1 Å². The highest BCUT2D eigenvalue weighted by molar-refractivity contribution is 6.16.